The summed E-state index contributed by atoms with van der Waals surface area (Å²) in [7, 11) is 0. The van der Waals surface area contributed by atoms with Gasteiger partial charge in [-0.05, 0) is 67.1 Å². The Balaban J connectivity index is 1.51. The van der Waals surface area contributed by atoms with Crippen LogP contribution in [0.4, 0.5) is 5.00 Å². The minimum absolute atomic E-state index is 0.0577. The Morgan fingerprint density at radius 1 is 1.00 bits per heavy atom. The normalized spacial score (nSPS) is 26.5. The molecule has 6 nitrogen and oxygen atoms in total. The molecule has 7 heteroatoms. The first-order valence-corrected chi connectivity index (χ1v) is 11.3. The summed E-state index contributed by atoms with van der Waals surface area (Å²) in [4.78, 5) is 38.5. The molecule has 30 heavy (non-hydrogen) atoms. The summed E-state index contributed by atoms with van der Waals surface area (Å²) in [5, 5.41) is 13.2. The number of hydrogen-bond donors (Lipinski definition) is 3. The quantitative estimate of drug-likeness (QED) is 0.695. The van der Waals surface area contributed by atoms with Gasteiger partial charge >= 0.3 is 5.97 Å². The minimum atomic E-state index is -0.890. The fraction of sp³-hybridized carbons (Fsp3) is 0.435. The van der Waals surface area contributed by atoms with Crippen molar-refractivity contribution in [3.8, 4) is 10.4 Å². The SMILES string of the molecule is NC(=O)c1c(NC(=O)[C@@H]2C3CCC(CC3)[C@@H]2C(=O)O)sc2c1CCc1ccccc1-2. The molecule has 1 heterocycles. The zero-order valence-electron chi connectivity index (χ0n) is 16.5. The van der Waals surface area contributed by atoms with Crippen LogP contribution in [-0.2, 0) is 22.4 Å². The monoisotopic (exact) mass is 424 g/mol. The van der Waals surface area contributed by atoms with Gasteiger partial charge in [-0.1, -0.05) is 24.3 Å². The molecule has 4 aliphatic carbocycles. The molecular weight excluding hydrogens is 400 g/mol. The Labute approximate surface area is 178 Å². The predicted molar refractivity (Wildman–Crippen MR) is 114 cm³/mol. The second-order valence-corrected chi connectivity index (χ2v) is 9.71. The molecule has 6 rings (SSSR count). The Morgan fingerprint density at radius 2 is 1.67 bits per heavy atom. The molecule has 2 atom stereocenters. The van der Waals surface area contributed by atoms with Crippen molar-refractivity contribution in [3.05, 3.63) is 41.0 Å². The molecule has 156 valence electrons. The van der Waals surface area contributed by atoms with E-state index in [4.69, 9.17) is 5.73 Å². The second-order valence-electron chi connectivity index (χ2n) is 8.69. The Hall–Kier alpha value is -2.67. The number of rotatable bonds is 4. The molecule has 1 aromatic heterocycles. The lowest BCUT2D eigenvalue weighted by molar-refractivity contribution is -0.156. The van der Waals surface area contributed by atoms with Crippen molar-refractivity contribution in [3.63, 3.8) is 0 Å². The number of nitrogens with one attached hydrogen (secondary N) is 1. The van der Waals surface area contributed by atoms with Gasteiger partial charge in [0.2, 0.25) is 5.91 Å². The van der Waals surface area contributed by atoms with Crippen molar-refractivity contribution in [2.45, 2.75) is 38.5 Å². The summed E-state index contributed by atoms with van der Waals surface area (Å²) in [5.41, 5.74) is 9.28. The smallest absolute Gasteiger partial charge is 0.307 e. The van der Waals surface area contributed by atoms with Crippen LogP contribution in [0, 0.1) is 23.7 Å². The molecule has 2 aromatic rings. The number of carbonyl (C=O) groups excluding carboxylic acids is 2. The molecule has 0 saturated heterocycles. The highest BCUT2D eigenvalue weighted by molar-refractivity contribution is 7.20. The van der Waals surface area contributed by atoms with Crippen molar-refractivity contribution < 1.29 is 19.5 Å². The van der Waals surface area contributed by atoms with Gasteiger partial charge in [0, 0.05) is 4.88 Å². The van der Waals surface area contributed by atoms with Crippen molar-refractivity contribution in [2.24, 2.45) is 29.4 Å². The van der Waals surface area contributed by atoms with Crippen LogP contribution in [-0.4, -0.2) is 22.9 Å². The van der Waals surface area contributed by atoms with Crippen molar-refractivity contribution in [1.82, 2.24) is 0 Å². The summed E-state index contributed by atoms with van der Waals surface area (Å²) in [5.74, 6) is -2.79. The van der Waals surface area contributed by atoms with Crippen molar-refractivity contribution >= 4 is 34.1 Å². The highest BCUT2D eigenvalue weighted by atomic mass is 32.1. The Morgan fingerprint density at radius 3 is 2.33 bits per heavy atom. The number of aliphatic carboxylic acids is 1. The molecule has 3 fully saturated rings. The third kappa shape index (κ3) is 2.95. The van der Waals surface area contributed by atoms with Gasteiger partial charge in [-0.2, -0.15) is 0 Å². The number of primary amides is 1. The van der Waals surface area contributed by atoms with Gasteiger partial charge in [-0.15, -0.1) is 11.3 Å². The fourth-order valence-electron chi connectivity index (χ4n) is 5.87. The lowest BCUT2D eigenvalue weighted by atomic mass is 9.58. The lowest BCUT2D eigenvalue weighted by Crippen LogP contribution is -2.49. The maximum atomic E-state index is 13.3. The molecule has 0 unspecified atom stereocenters. The first-order valence-electron chi connectivity index (χ1n) is 10.5. The minimum Gasteiger partial charge on any atom is -0.481 e. The molecule has 0 radical (unpaired) electrons. The van der Waals surface area contributed by atoms with Gasteiger partial charge < -0.3 is 16.2 Å². The third-order valence-corrected chi connectivity index (χ3v) is 8.38. The summed E-state index contributed by atoms with van der Waals surface area (Å²) in [6.07, 6.45) is 5.06. The van der Waals surface area contributed by atoms with Crippen LogP contribution in [0.2, 0.25) is 0 Å². The number of fused-ring (bicyclic) bond motifs is 6. The van der Waals surface area contributed by atoms with E-state index in [1.54, 1.807) is 0 Å². The highest BCUT2D eigenvalue weighted by Crippen LogP contribution is 2.50. The molecule has 0 aliphatic heterocycles. The number of aryl methyl sites for hydroxylation is 1. The van der Waals surface area contributed by atoms with Crippen molar-refractivity contribution in [2.75, 3.05) is 5.32 Å². The number of benzene rings is 1. The van der Waals surface area contributed by atoms with Gasteiger partial charge in [-0.25, -0.2) is 0 Å². The standard InChI is InChI=1S/C23H24N2O4S/c24-20(26)18-15-10-9-11-3-1-2-4-14(11)19(15)30-22(18)25-21(27)16-12-5-7-13(8-6-12)17(16)23(28)29/h1-4,12-13,16-17H,5-10H2,(H2,24,26)(H,25,27)(H,28,29)/t12?,13?,16-,17+/m1/s1. The van der Waals surface area contributed by atoms with E-state index < -0.39 is 23.7 Å². The van der Waals surface area contributed by atoms with E-state index in [0.717, 1.165) is 48.1 Å². The first kappa shape index (κ1) is 19.3. The predicted octanol–water partition coefficient (Wildman–Crippen LogP) is 3.69. The zero-order chi connectivity index (χ0) is 21.0. The fourth-order valence-corrected chi connectivity index (χ4v) is 7.18. The summed E-state index contributed by atoms with van der Waals surface area (Å²) >= 11 is 1.37. The molecule has 2 amide bonds. The molecule has 0 spiro atoms. The summed E-state index contributed by atoms with van der Waals surface area (Å²) < 4.78 is 0. The maximum Gasteiger partial charge on any atom is 0.307 e. The van der Waals surface area contributed by atoms with E-state index in [1.807, 2.05) is 18.2 Å². The molecular formula is C23H24N2O4S. The zero-order valence-corrected chi connectivity index (χ0v) is 17.3. The largest absolute Gasteiger partial charge is 0.481 e. The van der Waals surface area contributed by atoms with Crippen LogP contribution in [0.1, 0.15) is 47.2 Å². The van der Waals surface area contributed by atoms with Crippen LogP contribution in [0.5, 0.6) is 0 Å². The van der Waals surface area contributed by atoms with Gasteiger partial charge in [0.1, 0.15) is 5.00 Å². The number of amides is 2. The molecule has 4 aliphatic rings. The third-order valence-electron chi connectivity index (χ3n) is 7.20. The Kier molecular flexibility index (Phi) is 4.65. The summed E-state index contributed by atoms with van der Waals surface area (Å²) in [6, 6.07) is 8.07. The molecule has 4 N–H and O–H groups in total. The average Bonchev–Trinajstić information content (AvgIpc) is 3.12. The number of carboxylic acids is 1. The summed E-state index contributed by atoms with van der Waals surface area (Å²) in [6.45, 7) is 0. The Bertz CT molecular complexity index is 1050. The number of thiophene rings is 1. The van der Waals surface area contributed by atoms with Gasteiger partial charge in [0.15, 0.2) is 0 Å². The van der Waals surface area contributed by atoms with E-state index in [-0.39, 0.29) is 17.7 Å². The number of anilines is 1. The topological polar surface area (TPSA) is 109 Å². The van der Waals surface area contributed by atoms with E-state index >= 15 is 0 Å². The number of hydrogen-bond acceptors (Lipinski definition) is 4. The number of carboxylic acid groups (broad SMARTS) is 1. The van der Waals surface area contributed by atoms with Crippen LogP contribution in [0.3, 0.4) is 0 Å². The van der Waals surface area contributed by atoms with Crippen molar-refractivity contribution in [1.29, 1.82) is 0 Å². The second kappa shape index (κ2) is 7.23. The van der Waals surface area contributed by atoms with Crippen LogP contribution >= 0.6 is 11.3 Å². The van der Waals surface area contributed by atoms with Gasteiger partial charge in [0.05, 0.1) is 17.4 Å². The van der Waals surface area contributed by atoms with Gasteiger partial charge in [0.25, 0.3) is 5.91 Å². The maximum absolute atomic E-state index is 13.3. The van der Waals surface area contributed by atoms with E-state index in [1.165, 1.54) is 16.9 Å². The van der Waals surface area contributed by atoms with E-state index in [2.05, 4.69) is 11.4 Å². The number of nitrogens with two attached hydrogens (primary N) is 1. The van der Waals surface area contributed by atoms with Crippen LogP contribution in [0.25, 0.3) is 10.4 Å². The molecule has 1 aromatic carbocycles. The van der Waals surface area contributed by atoms with Crippen LogP contribution in [0.15, 0.2) is 24.3 Å². The number of carbonyl (C=O) groups is 3. The van der Waals surface area contributed by atoms with E-state index in [9.17, 15) is 19.5 Å². The molecule has 3 saturated carbocycles. The first-order chi connectivity index (χ1) is 14.5. The lowest BCUT2D eigenvalue weighted by Gasteiger charge is -2.45. The van der Waals surface area contributed by atoms with E-state index in [0.29, 0.717) is 17.0 Å². The molecule has 2 bridgehead atoms. The average molecular weight is 425 g/mol. The van der Waals surface area contributed by atoms with Gasteiger partial charge in [-0.3, -0.25) is 14.4 Å². The highest BCUT2D eigenvalue weighted by Gasteiger charge is 2.50. The van der Waals surface area contributed by atoms with Crippen LogP contribution < -0.4 is 11.1 Å².